The second-order valence-electron chi connectivity index (χ2n) is 6.09. The SMILES string of the molecule is CC(=O)Nc1cccc(SC(C(=O)Nc2ccccc2Br)c2ccccc2)c1. The predicted octanol–water partition coefficient (Wildman–Crippen LogP) is 5.88. The number of carbonyl (C=O) groups is 2. The summed E-state index contributed by atoms with van der Waals surface area (Å²) >= 11 is 4.91. The second kappa shape index (κ2) is 9.57. The molecule has 0 aliphatic carbocycles. The topological polar surface area (TPSA) is 58.2 Å². The molecular formula is C22H19BrN2O2S. The molecule has 0 aliphatic heterocycles. The average molecular weight is 455 g/mol. The lowest BCUT2D eigenvalue weighted by atomic mass is 10.1. The molecule has 0 heterocycles. The highest BCUT2D eigenvalue weighted by atomic mass is 79.9. The summed E-state index contributed by atoms with van der Waals surface area (Å²) in [6.45, 7) is 1.47. The van der Waals surface area contributed by atoms with E-state index in [2.05, 4.69) is 26.6 Å². The molecule has 1 unspecified atom stereocenters. The first-order valence-corrected chi connectivity index (χ1v) is 10.3. The third-order valence-corrected chi connectivity index (χ3v) is 5.82. The van der Waals surface area contributed by atoms with Crippen molar-refractivity contribution in [2.24, 2.45) is 0 Å². The van der Waals surface area contributed by atoms with Gasteiger partial charge in [-0.25, -0.2) is 0 Å². The molecule has 6 heteroatoms. The van der Waals surface area contributed by atoms with E-state index in [0.717, 1.165) is 20.6 Å². The molecule has 0 aromatic heterocycles. The molecule has 2 N–H and O–H groups in total. The highest BCUT2D eigenvalue weighted by Crippen LogP contribution is 2.37. The summed E-state index contributed by atoms with van der Waals surface area (Å²) in [4.78, 5) is 25.3. The second-order valence-corrected chi connectivity index (χ2v) is 8.12. The van der Waals surface area contributed by atoms with Crippen LogP contribution in [-0.2, 0) is 9.59 Å². The average Bonchev–Trinajstić information content (AvgIpc) is 2.68. The van der Waals surface area contributed by atoms with Crippen LogP contribution in [-0.4, -0.2) is 11.8 Å². The number of para-hydroxylation sites is 1. The van der Waals surface area contributed by atoms with Gasteiger partial charge in [-0.2, -0.15) is 0 Å². The summed E-state index contributed by atoms with van der Waals surface area (Å²) in [6, 6.07) is 24.6. The van der Waals surface area contributed by atoms with Crippen molar-refractivity contribution in [3.8, 4) is 0 Å². The largest absolute Gasteiger partial charge is 0.326 e. The van der Waals surface area contributed by atoms with Crippen molar-refractivity contribution in [2.45, 2.75) is 17.1 Å². The van der Waals surface area contributed by atoms with Crippen molar-refractivity contribution in [1.82, 2.24) is 0 Å². The molecule has 0 radical (unpaired) electrons. The molecule has 1 atom stereocenters. The number of hydrogen-bond acceptors (Lipinski definition) is 3. The van der Waals surface area contributed by atoms with Crippen LogP contribution in [0.25, 0.3) is 0 Å². The zero-order valence-electron chi connectivity index (χ0n) is 15.2. The molecule has 0 saturated carbocycles. The predicted molar refractivity (Wildman–Crippen MR) is 119 cm³/mol. The van der Waals surface area contributed by atoms with Gasteiger partial charge < -0.3 is 10.6 Å². The lowest BCUT2D eigenvalue weighted by Gasteiger charge is -2.18. The highest BCUT2D eigenvalue weighted by Gasteiger charge is 2.23. The maximum absolute atomic E-state index is 13.1. The van der Waals surface area contributed by atoms with Crippen molar-refractivity contribution in [3.63, 3.8) is 0 Å². The number of anilines is 2. The van der Waals surface area contributed by atoms with Gasteiger partial charge in [0.15, 0.2) is 0 Å². The molecule has 28 heavy (non-hydrogen) atoms. The Morgan fingerprint density at radius 3 is 2.32 bits per heavy atom. The van der Waals surface area contributed by atoms with E-state index in [9.17, 15) is 9.59 Å². The molecule has 0 bridgehead atoms. The van der Waals surface area contributed by atoms with E-state index in [4.69, 9.17) is 0 Å². The van der Waals surface area contributed by atoms with Crippen LogP contribution in [0.5, 0.6) is 0 Å². The zero-order valence-corrected chi connectivity index (χ0v) is 17.6. The highest BCUT2D eigenvalue weighted by molar-refractivity contribution is 9.10. The number of hydrogen-bond donors (Lipinski definition) is 2. The summed E-state index contributed by atoms with van der Waals surface area (Å²) < 4.78 is 0.827. The number of thioether (sulfide) groups is 1. The third kappa shape index (κ3) is 5.47. The smallest absolute Gasteiger partial charge is 0.242 e. The van der Waals surface area contributed by atoms with Crippen LogP contribution in [0.1, 0.15) is 17.7 Å². The van der Waals surface area contributed by atoms with Crippen LogP contribution in [0, 0.1) is 0 Å². The number of benzene rings is 3. The molecule has 0 spiro atoms. The number of amides is 2. The van der Waals surface area contributed by atoms with Crippen LogP contribution in [0.15, 0.2) is 88.2 Å². The van der Waals surface area contributed by atoms with Gasteiger partial charge in [0.1, 0.15) is 5.25 Å². The Morgan fingerprint density at radius 1 is 0.893 bits per heavy atom. The van der Waals surface area contributed by atoms with Gasteiger partial charge >= 0.3 is 0 Å². The molecule has 4 nitrogen and oxygen atoms in total. The van der Waals surface area contributed by atoms with E-state index in [1.54, 1.807) is 0 Å². The molecule has 2 amide bonds. The fourth-order valence-electron chi connectivity index (χ4n) is 2.65. The maximum Gasteiger partial charge on any atom is 0.242 e. The minimum absolute atomic E-state index is 0.118. The van der Waals surface area contributed by atoms with Crippen LogP contribution in [0.2, 0.25) is 0 Å². The first-order chi connectivity index (χ1) is 13.5. The molecule has 3 aromatic rings. The van der Waals surface area contributed by atoms with E-state index in [-0.39, 0.29) is 11.8 Å². The van der Waals surface area contributed by atoms with Crippen molar-refractivity contribution in [1.29, 1.82) is 0 Å². The molecule has 0 aliphatic rings. The Morgan fingerprint density at radius 2 is 1.61 bits per heavy atom. The Bertz CT molecular complexity index is 979. The zero-order chi connectivity index (χ0) is 19.9. The first kappa shape index (κ1) is 20.2. The van der Waals surface area contributed by atoms with Crippen LogP contribution in [0.4, 0.5) is 11.4 Å². The van der Waals surface area contributed by atoms with E-state index in [1.807, 2.05) is 78.9 Å². The first-order valence-electron chi connectivity index (χ1n) is 8.67. The maximum atomic E-state index is 13.1. The molecule has 3 aromatic carbocycles. The van der Waals surface area contributed by atoms with E-state index in [0.29, 0.717) is 5.69 Å². The van der Waals surface area contributed by atoms with Crippen molar-refractivity contribution in [2.75, 3.05) is 10.6 Å². The molecule has 0 saturated heterocycles. The number of halogens is 1. The minimum Gasteiger partial charge on any atom is -0.326 e. The van der Waals surface area contributed by atoms with Crippen LogP contribution in [0.3, 0.4) is 0 Å². The van der Waals surface area contributed by atoms with Crippen LogP contribution < -0.4 is 10.6 Å². The van der Waals surface area contributed by atoms with Crippen molar-refractivity contribution in [3.05, 3.63) is 88.9 Å². The van der Waals surface area contributed by atoms with Gasteiger partial charge in [0.25, 0.3) is 0 Å². The summed E-state index contributed by atoms with van der Waals surface area (Å²) in [5, 5.41) is 5.33. The van der Waals surface area contributed by atoms with E-state index < -0.39 is 5.25 Å². The molecular weight excluding hydrogens is 436 g/mol. The standard InChI is InChI=1S/C22H19BrN2O2S/c1-15(26)24-17-10-7-11-18(14-17)28-21(16-8-3-2-4-9-16)22(27)25-20-13-6-5-12-19(20)23/h2-14,21H,1H3,(H,24,26)(H,25,27). The fourth-order valence-corrected chi connectivity index (χ4v) is 4.12. The van der Waals surface area contributed by atoms with E-state index >= 15 is 0 Å². The van der Waals surface area contributed by atoms with Gasteiger partial charge in [-0.05, 0) is 51.8 Å². The molecule has 142 valence electrons. The number of carbonyl (C=O) groups excluding carboxylic acids is 2. The lowest BCUT2D eigenvalue weighted by Crippen LogP contribution is -2.19. The Kier molecular flexibility index (Phi) is 6.90. The number of nitrogens with one attached hydrogen (secondary N) is 2. The Labute approximate surface area is 176 Å². The molecule has 0 fully saturated rings. The van der Waals surface area contributed by atoms with Crippen molar-refractivity contribution < 1.29 is 9.59 Å². The fraction of sp³-hybridized carbons (Fsp3) is 0.0909. The van der Waals surface area contributed by atoms with E-state index in [1.165, 1.54) is 18.7 Å². The lowest BCUT2D eigenvalue weighted by molar-refractivity contribution is -0.116. The van der Waals surface area contributed by atoms with Gasteiger partial charge in [-0.1, -0.05) is 48.5 Å². The normalized spacial score (nSPS) is 11.5. The minimum atomic E-state index is -0.444. The number of rotatable bonds is 6. The van der Waals surface area contributed by atoms with Gasteiger partial charge in [-0.15, -0.1) is 11.8 Å². The van der Waals surface area contributed by atoms with Gasteiger partial charge in [0.2, 0.25) is 11.8 Å². The summed E-state index contributed by atoms with van der Waals surface area (Å²) in [6.07, 6.45) is 0. The Hall–Kier alpha value is -2.57. The van der Waals surface area contributed by atoms with Gasteiger partial charge in [0, 0.05) is 22.0 Å². The van der Waals surface area contributed by atoms with Crippen LogP contribution >= 0.6 is 27.7 Å². The summed E-state index contributed by atoms with van der Waals surface area (Å²) in [7, 11) is 0. The summed E-state index contributed by atoms with van der Waals surface area (Å²) in [5.74, 6) is -0.249. The van der Waals surface area contributed by atoms with Gasteiger partial charge in [0.05, 0.1) is 5.69 Å². The van der Waals surface area contributed by atoms with Gasteiger partial charge in [-0.3, -0.25) is 9.59 Å². The summed E-state index contributed by atoms with van der Waals surface area (Å²) in [5.41, 5.74) is 2.33. The third-order valence-electron chi connectivity index (χ3n) is 3.88. The molecule has 3 rings (SSSR count). The quantitative estimate of drug-likeness (QED) is 0.457. The monoisotopic (exact) mass is 454 g/mol. The Balaban J connectivity index is 1.87. The van der Waals surface area contributed by atoms with Crippen molar-refractivity contribution >= 4 is 50.9 Å².